The third-order valence-electron chi connectivity index (χ3n) is 2.82. The highest BCUT2D eigenvalue weighted by atomic mass is 35.5. The Morgan fingerprint density at radius 3 is 2.55 bits per heavy atom. The summed E-state index contributed by atoms with van der Waals surface area (Å²) < 4.78 is 5.67. The lowest BCUT2D eigenvalue weighted by Crippen LogP contribution is -2.01. The van der Waals surface area contributed by atoms with Gasteiger partial charge in [0.25, 0.3) is 0 Å². The molecule has 0 aliphatic rings. The topological polar surface area (TPSA) is 46.5 Å². The van der Waals surface area contributed by atoms with E-state index in [1.54, 1.807) is 18.2 Å². The van der Waals surface area contributed by atoms with Gasteiger partial charge in [-0.05, 0) is 42.8 Å². The van der Waals surface area contributed by atoms with Gasteiger partial charge in [-0.1, -0.05) is 29.3 Å². The Labute approximate surface area is 126 Å². The lowest BCUT2D eigenvalue weighted by Gasteiger charge is -2.10. The molecule has 0 saturated heterocycles. The van der Waals surface area contributed by atoms with Crippen LogP contribution in [0.25, 0.3) is 0 Å². The average molecular weight is 311 g/mol. The quantitative estimate of drug-likeness (QED) is 0.899. The molecule has 104 valence electrons. The number of benzene rings is 2. The fraction of sp³-hybridized carbons (Fsp3) is 0.133. The molecule has 0 heterocycles. The van der Waals surface area contributed by atoms with Crippen LogP contribution in [0.1, 0.15) is 21.5 Å². The van der Waals surface area contributed by atoms with Crippen LogP contribution >= 0.6 is 23.2 Å². The first-order valence-corrected chi connectivity index (χ1v) is 6.63. The van der Waals surface area contributed by atoms with Crippen LogP contribution in [-0.2, 0) is 6.61 Å². The summed E-state index contributed by atoms with van der Waals surface area (Å²) in [6.45, 7) is 2.16. The Kier molecular flexibility index (Phi) is 4.53. The van der Waals surface area contributed by atoms with Crippen LogP contribution in [0.5, 0.6) is 5.75 Å². The molecular formula is C15H12Cl2O3. The first kappa shape index (κ1) is 14.7. The smallest absolute Gasteiger partial charge is 0.335 e. The highest BCUT2D eigenvalue weighted by molar-refractivity contribution is 6.31. The van der Waals surface area contributed by atoms with Gasteiger partial charge in [0.05, 0.1) is 5.56 Å². The summed E-state index contributed by atoms with van der Waals surface area (Å²) in [5, 5.41) is 9.89. The highest BCUT2D eigenvalue weighted by Gasteiger charge is 2.08. The number of halogens is 2. The maximum absolute atomic E-state index is 10.8. The summed E-state index contributed by atoms with van der Waals surface area (Å²) in [6, 6.07) is 9.91. The molecule has 0 atom stereocenters. The number of aromatic carboxylic acids is 1. The first-order chi connectivity index (χ1) is 9.47. The molecule has 0 radical (unpaired) electrons. The van der Waals surface area contributed by atoms with Gasteiger partial charge in [-0.2, -0.15) is 0 Å². The SMILES string of the molecule is Cc1cc(Cl)ccc1OCc1ccc(C(=O)O)cc1Cl. The maximum atomic E-state index is 10.8. The van der Waals surface area contributed by atoms with Gasteiger partial charge in [0.2, 0.25) is 0 Å². The van der Waals surface area contributed by atoms with E-state index >= 15 is 0 Å². The van der Waals surface area contributed by atoms with Gasteiger partial charge < -0.3 is 9.84 Å². The Morgan fingerprint density at radius 1 is 1.20 bits per heavy atom. The van der Waals surface area contributed by atoms with Crippen LogP contribution in [0.2, 0.25) is 10.0 Å². The second kappa shape index (κ2) is 6.16. The zero-order valence-electron chi connectivity index (χ0n) is 10.7. The van der Waals surface area contributed by atoms with Crippen LogP contribution in [0.4, 0.5) is 0 Å². The summed E-state index contributed by atoms with van der Waals surface area (Å²) in [5.41, 5.74) is 1.81. The second-order valence-corrected chi connectivity index (χ2v) is 5.15. The first-order valence-electron chi connectivity index (χ1n) is 5.88. The van der Waals surface area contributed by atoms with Gasteiger partial charge in [0, 0.05) is 15.6 Å². The maximum Gasteiger partial charge on any atom is 0.335 e. The molecule has 2 aromatic carbocycles. The molecule has 0 bridgehead atoms. The monoisotopic (exact) mass is 310 g/mol. The minimum Gasteiger partial charge on any atom is -0.489 e. The number of hydrogen-bond donors (Lipinski definition) is 1. The summed E-state index contributed by atoms with van der Waals surface area (Å²) in [6.07, 6.45) is 0. The minimum absolute atomic E-state index is 0.154. The van der Waals surface area contributed by atoms with Gasteiger partial charge in [0.1, 0.15) is 12.4 Å². The molecular weight excluding hydrogens is 299 g/mol. The van der Waals surface area contributed by atoms with E-state index in [4.69, 9.17) is 33.0 Å². The van der Waals surface area contributed by atoms with E-state index in [0.29, 0.717) is 15.8 Å². The Morgan fingerprint density at radius 2 is 1.95 bits per heavy atom. The summed E-state index contributed by atoms with van der Waals surface area (Å²) in [7, 11) is 0. The predicted octanol–water partition coefficient (Wildman–Crippen LogP) is 4.58. The number of carbonyl (C=O) groups is 1. The van der Waals surface area contributed by atoms with Crippen LogP contribution in [0.15, 0.2) is 36.4 Å². The van der Waals surface area contributed by atoms with E-state index in [2.05, 4.69) is 0 Å². The van der Waals surface area contributed by atoms with Crippen molar-refractivity contribution in [3.8, 4) is 5.75 Å². The number of aryl methyl sites for hydroxylation is 1. The van der Waals surface area contributed by atoms with Crippen molar-refractivity contribution in [1.29, 1.82) is 0 Å². The predicted molar refractivity (Wildman–Crippen MR) is 78.9 cm³/mol. The van der Waals surface area contributed by atoms with Gasteiger partial charge >= 0.3 is 5.97 Å². The molecule has 0 amide bonds. The standard InChI is InChI=1S/C15H12Cl2O3/c1-9-6-12(16)4-5-14(9)20-8-11-3-2-10(15(18)19)7-13(11)17/h2-7H,8H2,1H3,(H,18,19). The lowest BCUT2D eigenvalue weighted by molar-refractivity contribution is 0.0697. The molecule has 3 nitrogen and oxygen atoms in total. The number of carboxylic acid groups (broad SMARTS) is 1. The number of hydrogen-bond acceptors (Lipinski definition) is 2. The highest BCUT2D eigenvalue weighted by Crippen LogP contribution is 2.24. The third-order valence-corrected chi connectivity index (χ3v) is 3.41. The zero-order valence-corrected chi connectivity index (χ0v) is 12.2. The molecule has 0 aromatic heterocycles. The second-order valence-electron chi connectivity index (χ2n) is 4.31. The van der Waals surface area contributed by atoms with Crippen molar-refractivity contribution in [2.75, 3.05) is 0 Å². The van der Waals surface area contributed by atoms with E-state index < -0.39 is 5.97 Å². The van der Waals surface area contributed by atoms with Gasteiger partial charge in [-0.25, -0.2) is 4.79 Å². The van der Waals surface area contributed by atoms with Crippen LogP contribution in [-0.4, -0.2) is 11.1 Å². The van der Waals surface area contributed by atoms with Crippen molar-refractivity contribution in [3.63, 3.8) is 0 Å². The van der Waals surface area contributed by atoms with Crippen LogP contribution < -0.4 is 4.74 Å². The fourth-order valence-corrected chi connectivity index (χ4v) is 2.19. The van der Waals surface area contributed by atoms with E-state index in [9.17, 15) is 4.79 Å². The van der Waals surface area contributed by atoms with Gasteiger partial charge in [0.15, 0.2) is 0 Å². The molecule has 0 fully saturated rings. The Balaban J connectivity index is 2.13. The lowest BCUT2D eigenvalue weighted by atomic mass is 10.1. The molecule has 2 rings (SSSR count). The molecule has 0 unspecified atom stereocenters. The largest absolute Gasteiger partial charge is 0.489 e. The van der Waals surface area contributed by atoms with Crippen molar-refractivity contribution >= 4 is 29.2 Å². The van der Waals surface area contributed by atoms with Crippen LogP contribution in [0.3, 0.4) is 0 Å². The van der Waals surface area contributed by atoms with Crippen molar-refractivity contribution in [3.05, 3.63) is 63.1 Å². The van der Waals surface area contributed by atoms with Gasteiger partial charge in [-0.3, -0.25) is 0 Å². The number of ether oxygens (including phenoxy) is 1. The molecule has 1 N–H and O–H groups in total. The zero-order chi connectivity index (χ0) is 14.7. The van der Waals surface area contributed by atoms with Crippen molar-refractivity contribution in [2.24, 2.45) is 0 Å². The Hall–Kier alpha value is -1.71. The average Bonchev–Trinajstić information content (AvgIpc) is 2.38. The minimum atomic E-state index is -1.01. The van der Waals surface area contributed by atoms with Crippen molar-refractivity contribution in [1.82, 2.24) is 0 Å². The summed E-state index contributed by atoms with van der Waals surface area (Å²) >= 11 is 11.9. The molecule has 0 aliphatic heterocycles. The third kappa shape index (κ3) is 3.44. The van der Waals surface area contributed by atoms with E-state index in [0.717, 1.165) is 11.1 Å². The van der Waals surface area contributed by atoms with E-state index in [1.807, 2.05) is 13.0 Å². The van der Waals surface area contributed by atoms with Crippen molar-refractivity contribution < 1.29 is 14.6 Å². The Bertz CT molecular complexity index is 654. The number of carboxylic acids is 1. The molecule has 0 spiro atoms. The summed E-state index contributed by atoms with van der Waals surface area (Å²) in [4.78, 5) is 10.8. The normalized spacial score (nSPS) is 10.3. The van der Waals surface area contributed by atoms with E-state index in [1.165, 1.54) is 12.1 Å². The molecule has 20 heavy (non-hydrogen) atoms. The summed E-state index contributed by atoms with van der Waals surface area (Å²) in [5.74, 6) is -0.291. The molecule has 0 aliphatic carbocycles. The molecule has 2 aromatic rings. The van der Waals surface area contributed by atoms with Crippen LogP contribution in [0, 0.1) is 6.92 Å². The molecule has 5 heteroatoms. The van der Waals surface area contributed by atoms with Crippen molar-refractivity contribution in [2.45, 2.75) is 13.5 Å². The molecule has 0 saturated carbocycles. The van der Waals surface area contributed by atoms with Gasteiger partial charge in [-0.15, -0.1) is 0 Å². The fourth-order valence-electron chi connectivity index (χ4n) is 1.73. The number of rotatable bonds is 4. The van der Waals surface area contributed by atoms with E-state index in [-0.39, 0.29) is 12.2 Å².